The lowest BCUT2D eigenvalue weighted by Gasteiger charge is -2.07. The van der Waals surface area contributed by atoms with E-state index in [1.807, 2.05) is 30.3 Å². The lowest BCUT2D eigenvalue weighted by molar-refractivity contribution is 0.0957. The van der Waals surface area contributed by atoms with E-state index in [9.17, 15) is 9.59 Å². The molecule has 0 unspecified atom stereocenters. The maximum atomic E-state index is 12.1. The Labute approximate surface area is 131 Å². The number of nitrogens with two attached hydrogens (primary N) is 1. The fourth-order valence-electron chi connectivity index (χ4n) is 2.93. The molecule has 1 aliphatic rings. The quantitative estimate of drug-likeness (QED) is 0.721. The van der Waals surface area contributed by atoms with Crippen LogP contribution in [0.4, 0.5) is 4.79 Å². The van der Waals surface area contributed by atoms with Crippen molar-refractivity contribution in [2.45, 2.75) is 0 Å². The molecule has 1 radical (unpaired) electrons. The summed E-state index contributed by atoms with van der Waals surface area (Å²) in [5.74, 6) is -0.344. The maximum Gasteiger partial charge on any atom is 0.323 e. The van der Waals surface area contributed by atoms with Gasteiger partial charge in [0.1, 0.15) is 0 Å². The first-order valence-corrected chi connectivity index (χ1v) is 6.95. The molecule has 1 aliphatic heterocycles. The second-order valence-corrected chi connectivity index (χ2v) is 5.13. The number of amides is 2. The van der Waals surface area contributed by atoms with Crippen LogP contribution in [-0.4, -0.2) is 22.7 Å². The first-order valence-electron chi connectivity index (χ1n) is 6.95. The Morgan fingerprint density at radius 1 is 1.22 bits per heavy atom. The van der Waals surface area contributed by atoms with Crippen molar-refractivity contribution in [1.29, 1.82) is 0 Å². The van der Waals surface area contributed by atoms with Crippen LogP contribution in [0.5, 0.6) is 0 Å². The molecule has 0 spiro atoms. The van der Waals surface area contributed by atoms with Gasteiger partial charge in [-0.25, -0.2) is 10.2 Å². The number of carbonyl (C=O) groups is 2. The number of hydrazone groups is 1. The minimum absolute atomic E-state index is 0.344. The Morgan fingerprint density at radius 3 is 2.74 bits per heavy atom. The van der Waals surface area contributed by atoms with Gasteiger partial charge in [0.05, 0.1) is 23.0 Å². The first kappa shape index (κ1) is 13.3. The fraction of sp³-hybridized carbons (Fsp3) is 0. The number of hydrogen-bond acceptors (Lipinski definition) is 3. The van der Waals surface area contributed by atoms with E-state index in [0.717, 1.165) is 5.56 Å². The zero-order valence-electron chi connectivity index (χ0n) is 11.9. The number of hydrogen-bond donors (Lipinski definition) is 2. The van der Waals surface area contributed by atoms with Crippen LogP contribution in [-0.2, 0) is 0 Å². The Hall–Kier alpha value is -3.41. The Bertz CT molecular complexity index is 987. The predicted octanol–water partition coefficient (Wildman–Crippen LogP) is 2.11. The van der Waals surface area contributed by atoms with Gasteiger partial charge in [-0.2, -0.15) is 5.10 Å². The molecule has 0 aliphatic carbocycles. The molecule has 0 bridgehead atoms. The molecular formula is C17H11N4O2. The zero-order valence-corrected chi connectivity index (χ0v) is 11.9. The predicted molar refractivity (Wildman–Crippen MR) is 86.3 cm³/mol. The minimum Gasteiger partial charge on any atom is -0.351 e. The van der Waals surface area contributed by atoms with Crippen LogP contribution in [0.25, 0.3) is 22.2 Å². The van der Waals surface area contributed by atoms with Crippen molar-refractivity contribution in [1.82, 2.24) is 9.99 Å². The van der Waals surface area contributed by atoms with Crippen LogP contribution in [0.1, 0.15) is 15.9 Å². The molecule has 6 heteroatoms. The summed E-state index contributed by atoms with van der Waals surface area (Å²) in [5.41, 5.74) is 11.1. The molecule has 2 aromatic carbocycles. The van der Waals surface area contributed by atoms with E-state index in [-0.39, 0.29) is 5.91 Å². The van der Waals surface area contributed by atoms with Gasteiger partial charge in [-0.15, -0.1) is 0 Å². The molecule has 111 valence electrons. The molecule has 0 saturated carbocycles. The van der Waals surface area contributed by atoms with Gasteiger partial charge in [0.15, 0.2) is 0 Å². The second-order valence-electron chi connectivity index (χ2n) is 5.13. The van der Waals surface area contributed by atoms with E-state index < -0.39 is 6.03 Å². The monoisotopic (exact) mass is 303 g/mol. The fourth-order valence-corrected chi connectivity index (χ4v) is 2.93. The number of nitrogens with zero attached hydrogens (tertiary/aromatic N) is 2. The molecule has 2 heterocycles. The van der Waals surface area contributed by atoms with E-state index in [1.54, 1.807) is 18.3 Å². The number of nitrogens with one attached hydrogen (secondary N) is 1. The molecular weight excluding hydrogens is 292 g/mol. The number of primary amides is 1. The van der Waals surface area contributed by atoms with Crippen LogP contribution in [0, 0.1) is 6.07 Å². The van der Waals surface area contributed by atoms with Crippen LogP contribution < -0.4 is 11.2 Å². The maximum absolute atomic E-state index is 12.1. The van der Waals surface area contributed by atoms with E-state index >= 15 is 0 Å². The largest absolute Gasteiger partial charge is 0.351 e. The normalized spacial score (nSPS) is 13.0. The van der Waals surface area contributed by atoms with Gasteiger partial charge in [0.25, 0.3) is 5.91 Å². The first-order chi connectivity index (χ1) is 11.2. The number of rotatable bonds is 1. The highest BCUT2D eigenvalue weighted by atomic mass is 16.2. The molecule has 0 fully saturated rings. The molecule has 6 nitrogen and oxygen atoms in total. The summed E-state index contributed by atoms with van der Waals surface area (Å²) >= 11 is 0. The lowest BCUT2D eigenvalue weighted by Crippen LogP contribution is -2.21. The van der Waals surface area contributed by atoms with E-state index in [0.29, 0.717) is 27.7 Å². The summed E-state index contributed by atoms with van der Waals surface area (Å²) in [4.78, 5) is 24.2. The Balaban J connectivity index is 2.23. The van der Waals surface area contributed by atoms with Crippen LogP contribution >= 0.6 is 0 Å². The van der Waals surface area contributed by atoms with Crippen LogP contribution in [0.2, 0.25) is 0 Å². The molecule has 0 saturated heterocycles. The van der Waals surface area contributed by atoms with Gasteiger partial charge in [-0.05, 0) is 23.8 Å². The summed E-state index contributed by atoms with van der Waals surface area (Å²) in [5, 5.41) is 4.59. The number of carbonyl (C=O) groups excluding carboxylic acids is 2. The topological polar surface area (TPSA) is 89.5 Å². The van der Waals surface area contributed by atoms with E-state index in [4.69, 9.17) is 5.73 Å². The summed E-state index contributed by atoms with van der Waals surface area (Å²) in [6.07, 6.45) is 1.54. The van der Waals surface area contributed by atoms with Crippen molar-refractivity contribution in [3.8, 4) is 11.3 Å². The van der Waals surface area contributed by atoms with E-state index in [1.165, 1.54) is 4.57 Å². The van der Waals surface area contributed by atoms with Crippen molar-refractivity contribution in [3.05, 3.63) is 59.7 Å². The van der Waals surface area contributed by atoms with E-state index in [2.05, 4.69) is 16.6 Å². The average Bonchev–Trinajstić information content (AvgIpc) is 2.80. The lowest BCUT2D eigenvalue weighted by atomic mass is 10.0. The van der Waals surface area contributed by atoms with Gasteiger partial charge >= 0.3 is 6.03 Å². The van der Waals surface area contributed by atoms with Crippen molar-refractivity contribution in [2.24, 2.45) is 10.8 Å². The third kappa shape index (κ3) is 1.85. The molecule has 3 N–H and O–H groups in total. The standard InChI is InChI=1S/C17H11N4O2/c18-17(23)21-13-8-4-7-11-14(13)12(9-19-20-16(11)22)15(21)10-5-2-1-3-6-10/h1-3,5-9H,(H2,18,23)(H,20,22). The van der Waals surface area contributed by atoms with Gasteiger partial charge in [0, 0.05) is 10.9 Å². The molecule has 23 heavy (non-hydrogen) atoms. The summed E-state index contributed by atoms with van der Waals surface area (Å²) < 4.78 is 1.39. The highest BCUT2D eigenvalue weighted by Crippen LogP contribution is 2.35. The third-order valence-electron chi connectivity index (χ3n) is 3.83. The minimum atomic E-state index is -0.625. The molecule has 1 aromatic heterocycles. The molecule has 3 aromatic rings. The molecule has 0 atom stereocenters. The second kappa shape index (κ2) is 4.81. The highest BCUT2D eigenvalue weighted by molar-refractivity contribution is 6.19. The summed E-state index contributed by atoms with van der Waals surface area (Å²) in [7, 11) is 0. The number of benzene rings is 2. The summed E-state index contributed by atoms with van der Waals surface area (Å²) in [6.45, 7) is 0. The molecule has 2 amide bonds. The van der Waals surface area contributed by atoms with Gasteiger partial charge < -0.3 is 5.73 Å². The van der Waals surface area contributed by atoms with Crippen molar-refractivity contribution in [3.63, 3.8) is 0 Å². The van der Waals surface area contributed by atoms with Crippen LogP contribution in [0.15, 0.2) is 47.6 Å². The molecule has 4 rings (SSSR count). The number of aromatic nitrogens is 1. The average molecular weight is 303 g/mol. The van der Waals surface area contributed by atoms with Crippen LogP contribution in [0.3, 0.4) is 0 Å². The van der Waals surface area contributed by atoms with Crippen molar-refractivity contribution in [2.75, 3.05) is 0 Å². The summed E-state index contributed by atoms with van der Waals surface area (Å²) in [6, 6.07) is 14.9. The highest BCUT2D eigenvalue weighted by Gasteiger charge is 2.25. The Morgan fingerprint density at radius 2 is 2.00 bits per heavy atom. The van der Waals surface area contributed by atoms with Crippen molar-refractivity contribution < 1.29 is 9.59 Å². The SMILES string of the molecule is NC(=O)n1c(-c2ccccc2)c2c3c(c[c]cc31)C(=O)NN=C2. The third-order valence-corrected chi connectivity index (χ3v) is 3.83. The van der Waals surface area contributed by atoms with Crippen molar-refractivity contribution >= 4 is 29.1 Å². The zero-order chi connectivity index (χ0) is 16.0. The van der Waals surface area contributed by atoms with Gasteiger partial charge in [-0.3, -0.25) is 9.36 Å². The Kier molecular flexibility index (Phi) is 2.77. The smallest absolute Gasteiger partial charge is 0.323 e. The van der Waals surface area contributed by atoms with Gasteiger partial charge in [0.2, 0.25) is 0 Å². The van der Waals surface area contributed by atoms with Gasteiger partial charge in [-0.1, -0.05) is 30.3 Å².